The maximum Gasteiger partial charge on any atom is 0.283 e. The van der Waals surface area contributed by atoms with E-state index < -0.39 is 10.7 Å². The summed E-state index contributed by atoms with van der Waals surface area (Å²) >= 11 is 1.24. The van der Waals surface area contributed by atoms with Crippen molar-refractivity contribution < 1.29 is 14.5 Å². The van der Waals surface area contributed by atoms with E-state index in [0.29, 0.717) is 18.0 Å². The Morgan fingerprint density at radius 3 is 2.52 bits per heavy atom. The van der Waals surface area contributed by atoms with Gasteiger partial charge < -0.3 is 10.6 Å². The maximum absolute atomic E-state index is 13.1. The van der Waals surface area contributed by atoms with Gasteiger partial charge in [-0.15, -0.1) is 24.2 Å². The Morgan fingerprint density at radius 1 is 1.21 bits per heavy atom. The molecule has 1 aliphatic rings. The molecular weight excluding hydrogens is 414 g/mol. The van der Waals surface area contributed by atoms with E-state index in [1.165, 1.54) is 17.8 Å². The molecule has 7 nitrogen and oxygen atoms in total. The number of nitrogens with zero attached hydrogens (tertiary/aromatic N) is 2. The van der Waals surface area contributed by atoms with Crippen LogP contribution in [0.3, 0.4) is 0 Å². The van der Waals surface area contributed by atoms with Crippen molar-refractivity contribution in [1.29, 1.82) is 0 Å². The zero-order chi connectivity index (χ0) is 20.3. The van der Waals surface area contributed by atoms with E-state index in [2.05, 4.69) is 0 Å². The number of hydrogen-bond donors (Lipinski definition) is 1. The van der Waals surface area contributed by atoms with Crippen LogP contribution in [0, 0.1) is 10.1 Å². The number of rotatable bonds is 5. The number of ketones is 1. The van der Waals surface area contributed by atoms with Gasteiger partial charge in [-0.2, -0.15) is 0 Å². The molecule has 1 amide bonds. The summed E-state index contributed by atoms with van der Waals surface area (Å²) in [7, 11) is 0. The van der Waals surface area contributed by atoms with E-state index in [1.54, 1.807) is 47.6 Å². The second-order valence-corrected chi connectivity index (χ2v) is 7.52. The molecule has 0 spiro atoms. The van der Waals surface area contributed by atoms with E-state index >= 15 is 0 Å². The smallest absolute Gasteiger partial charge is 0.283 e. The lowest BCUT2D eigenvalue weighted by Crippen LogP contribution is -2.46. The second kappa shape index (κ2) is 9.87. The van der Waals surface area contributed by atoms with Gasteiger partial charge in [-0.25, -0.2) is 0 Å². The summed E-state index contributed by atoms with van der Waals surface area (Å²) in [6, 6.07) is 10.9. The normalized spacial score (nSPS) is 16.1. The Kier molecular flexibility index (Phi) is 7.78. The topological polar surface area (TPSA) is 107 Å². The molecule has 0 aliphatic carbocycles. The largest absolute Gasteiger partial charge is 0.337 e. The Morgan fingerprint density at radius 2 is 1.90 bits per heavy atom. The number of carbonyl (C=O) groups excluding carboxylic acids is 2. The van der Waals surface area contributed by atoms with Crippen molar-refractivity contribution >= 4 is 41.5 Å². The van der Waals surface area contributed by atoms with Crippen LogP contribution in [0.25, 0.3) is 0 Å². The van der Waals surface area contributed by atoms with Gasteiger partial charge in [0.05, 0.1) is 15.4 Å². The number of halogens is 1. The van der Waals surface area contributed by atoms with Crippen LogP contribution in [0.1, 0.15) is 39.1 Å². The quantitative estimate of drug-likeness (QED) is 0.333. The molecule has 1 atom stereocenters. The van der Waals surface area contributed by atoms with Crippen molar-refractivity contribution in [2.75, 3.05) is 19.3 Å². The molecule has 154 valence electrons. The Labute approximate surface area is 179 Å². The van der Waals surface area contributed by atoms with E-state index in [1.807, 2.05) is 0 Å². The third-order valence-corrected chi connectivity index (χ3v) is 5.57. The Balaban J connectivity index is 0.00000300. The van der Waals surface area contributed by atoms with Crippen molar-refractivity contribution in [3.8, 4) is 0 Å². The summed E-state index contributed by atoms with van der Waals surface area (Å²) in [6.45, 7) is 1.05. The van der Waals surface area contributed by atoms with E-state index in [4.69, 9.17) is 5.73 Å². The number of nitrogens with two attached hydrogens (primary N) is 1. The molecule has 29 heavy (non-hydrogen) atoms. The van der Waals surface area contributed by atoms with Crippen LogP contribution in [0.5, 0.6) is 0 Å². The number of hydrogen-bond acceptors (Lipinski definition) is 6. The molecule has 0 aromatic heterocycles. The molecular formula is C20H22ClN3O4S. The summed E-state index contributed by atoms with van der Waals surface area (Å²) in [5.74, 6) is -0.657. The lowest BCUT2D eigenvalue weighted by Gasteiger charge is -2.31. The number of nitro groups is 1. The highest BCUT2D eigenvalue weighted by Crippen LogP contribution is 2.29. The minimum atomic E-state index is -0.505. The lowest BCUT2D eigenvalue weighted by atomic mass is 9.96. The van der Waals surface area contributed by atoms with Crippen molar-refractivity contribution in [1.82, 2.24) is 4.90 Å². The predicted octanol–water partition coefficient (Wildman–Crippen LogP) is 3.53. The highest BCUT2D eigenvalue weighted by atomic mass is 35.5. The van der Waals surface area contributed by atoms with Crippen molar-refractivity contribution in [2.24, 2.45) is 5.73 Å². The molecule has 1 heterocycles. The van der Waals surface area contributed by atoms with Crippen LogP contribution in [0.4, 0.5) is 5.69 Å². The van der Waals surface area contributed by atoms with Crippen LogP contribution in [-0.4, -0.2) is 46.9 Å². The monoisotopic (exact) mass is 435 g/mol. The molecule has 1 fully saturated rings. The van der Waals surface area contributed by atoms with Crippen LogP contribution >= 0.6 is 24.2 Å². The minimum absolute atomic E-state index is 0. The van der Waals surface area contributed by atoms with Crippen LogP contribution in [0.15, 0.2) is 47.4 Å². The van der Waals surface area contributed by atoms with Crippen molar-refractivity contribution in [2.45, 2.75) is 23.8 Å². The fourth-order valence-electron chi connectivity index (χ4n) is 3.36. The number of piperidine rings is 1. The van der Waals surface area contributed by atoms with Gasteiger partial charge in [0.2, 0.25) is 0 Å². The first kappa shape index (κ1) is 22.9. The van der Waals surface area contributed by atoms with Gasteiger partial charge >= 0.3 is 0 Å². The molecule has 1 unspecified atom stereocenters. The molecule has 1 aliphatic heterocycles. The predicted molar refractivity (Wildman–Crippen MR) is 115 cm³/mol. The number of likely N-dealkylation sites (tertiary alicyclic amines) is 1. The molecule has 3 rings (SSSR count). The third kappa shape index (κ3) is 4.95. The number of thioether (sulfide) groups is 1. The van der Waals surface area contributed by atoms with Gasteiger partial charge in [-0.05, 0) is 37.3 Å². The Bertz CT molecular complexity index is 938. The van der Waals surface area contributed by atoms with E-state index in [9.17, 15) is 19.7 Å². The van der Waals surface area contributed by atoms with Crippen molar-refractivity contribution in [3.05, 3.63) is 69.3 Å². The fourth-order valence-corrected chi connectivity index (χ4v) is 3.91. The highest BCUT2D eigenvalue weighted by Gasteiger charge is 2.26. The number of benzene rings is 2. The number of carbonyl (C=O) groups is 2. The van der Waals surface area contributed by atoms with Gasteiger partial charge in [0.15, 0.2) is 5.78 Å². The Hall–Kier alpha value is -2.42. The molecule has 9 heteroatoms. The molecule has 0 radical (unpaired) electrons. The summed E-state index contributed by atoms with van der Waals surface area (Å²) < 4.78 is 0. The van der Waals surface area contributed by atoms with Gasteiger partial charge in [0.1, 0.15) is 0 Å². The van der Waals surface area contributed by atoms with Crippen LogP contribution in [0.2, 0.25) is 0 Å². The molecule has 2 N–H and O–H groups in total. The zero-order valence-electron chi connectivity index (χ0n) is 15.9. The SMILES string of the molecule is CSc1ccc(C(=O)c2ccccc2C(=O)N2CCCC(N)C2)cc1[N+](=O)[O-].Cl. The van der Waals surface area contributed by atoms with E-state index in [0.717, 1.165) is 12.8 Å². The van der Waals surface area contributed by atoms with E-state index in [-0.39, 0.29) is 46.7 Å². The first-order valence-corrected chi connectivity index (χ1v) is 10.2. The maximum atomic E-state index is 13.1. The first-order valence-electron chi connectivity index (χ1n) is 8.93. The standard InChI is InChI=1S/C20H21N3O4S.ClH/c1-28-18-9-8-13(11-17(18)23(26)27)19(24)15-6-2-3-7-16(15)20(25)22-10-4-5-14(21)12-22;/h2-3,6-9,11,14H,4-5,10,12,21H2,1H3;1H. The lowest BCUT2D eigenvalue weighted by molar-refractivity contribution is -0.387. The molecule has 2 aromatic carbocycles. The molecule has 1 saturated heterocycles. The van der Waals surface area contributed by atoms with Crippen LogP contribution in [-0.2, 0) is 0 Å². The second-order valence-electron chi connectivity index (χ2n) is 6.67. The average molecular weight is 436 g/mol. The first-order chi connectivity index (χ1) is 13.4. The molecule has 0 saturated carbocycles. The molecule has 0 bridgehead atoms. The van der Waals surface area contributed by atoms with Gasteiger partial charge in [-0.1, -0.05) is 18.2 Å². The van der Waals surface area contributed by atoms with Gasteiger partial charge in [0, 0.05) is 36.3 Å². The number of nitro benzene ring substituents is 1. The highest BCUT2D eigenvalue weighted by molar-refractivity contribution is 7.98. The van der Waals surface area contributed by atoms with Crippen LogP contribution < -0.4 is 5.73 Å². The summed E-state index contributed by atoms with van der Waals surface area (Å²) in [5.41, 5.74) is 6.56. The summed E-state index contributed by atoms with van der Waals surface area (Å²) in [4.78, 5) is 39.0. The van der Waals surface area contributed by atoms with Gasteiger partial charge in [0.25, 0.3) is 11.6 Å². The molecule has 2 aromatic rings. The summed E-state index contributed by atoms with van der Waals surface area (Å²) in [5, 5.41) is 11.3. The fraction of sp³-hybridized carbons (Fsp3) is 0.300. The minimum Gasteiger partial charge on any atom is -0.337 e. The number of amides is 1. The zero-order valence-corrected chi connectivity index (χ0v) is 17.5. The summed E-state index contributed by atoms with van der Waals surface area (Å²) in [6.07, 6.45) is 3.43. The van der Waals surface area contributed by atoms with Gasteiger partial charge in [-0.3, -0.25) is 19.7 Å². The average Bonchev–Trinajstić information content (AvgIpc) is 2.72. The van der Waals surface area contributed by atoms with Crippen molar-refractivity contribution in [3.63, 3.8) is 0 Å². The third-order valence-electron chi connectivity index (χ3n) is 4.78.